The van der Waals surface area contributed by atoms with E-state index in [4.69, 9.17) is 19.3 Å². The van der Waals surface area contributed by atoms with Gasteiger partial charge in [0.15, 0.2) is 0 Å². The lowest BCUT2D eigenvalue weighted by Gasteiger charge is -2.15. The van der Waals surface area contributed by atoms with E-state index >= 15 is 0 Å². The zero-order chi connectivity index (χ0) is 9.40. The predicted octanol–water partition coefficient (Wildman–Crippen LogP) is 0.444. The highest BCUT2D eigenvalue weighted by Crippen LogP contribution is 1.96. The maximum Gasteiger partial charge on any atom is 0.329 e. The van der Waals surface area contributed by atoms with E-state index in [9.17, 15) is 4.79 Å². The average molecular weight is 178 g/mol. The summed E-state index contributed by atoms with van der Waals surface area (Å²) in [5.41, 5.74) is 0. The maximum absolute atomic E-state index is 10.1. The first kappa shape index (κ1) is 11.4. The van der Waals surface area contributed by atoms with Crippen LogP contribution >= 0.6 is 0 Å². The lowest BCUT2D eigenvalue weighted by Crippen LogP contribution is -2.24. The molecule has 0 rings (SSSR count). The van der Waals surface area contributed by atoms with Crippen LogP contribution in [0, 0.1) is 0 Å². The van der Waals surface area contributed by atoms with Crippen molar-refractivity contribution in [1.29, 1.82) is 0 Å². The molecule has 0 amide bonds. The molecule has 72 valence electrons. The minimum Gasteiger partial charge on any atom is -0.480 e. The highest BCUT2D eigenvalue weighted by molar-refractivity contribution is 5.67. The van der Waals surface area contributed by atoms with E-state index < -0.39 is 19.1 Å². The third kappa shape index (κ3) is 6.09. The SMILES string of the molecule is CCOC(OCC)OCC(=O)O. The van der Waals surface area contributed by atoms with Crippen molar-refractivity contribution in [3.63, 3.8) is 0 Å². The van der Waals surface area contributed by atoms with E-state index in [0.29, 0.717) is 13.2 Å². The van der Waals surface area contributed by atoms with E-state index in [1.165, 1.54) is 0 Å². The van der Waals surface area contributed by atoms with Gasteiger partial charge >= 0.3 is 5.97 Å². The van der Waals surface area contributed by atoms with Crippen LogP contribution < -0.4 is 0 Å². The van der Waals surface area contributed by atoms with Gasteiger partial charge in [0.1, 0.15) is 6.61 Å². The summed E-state index contributed by atoms with van der Waals surface area (Å²) in [5, 5.41) is 8.26. The van der Waals surface area contributed by atoms with Crippen LogP contribution in [0.3, 0.4) is 0 Å². The Morgan fingerprint density at radius 1 is 1.25 bits per heavy atom. The maximum atomic E-state index is 10.1. The molecule has 0 atom stereocenters. The topological polar surface area (TPSA) is 65.0 Å². The van der Waals surface area contributed by atoms with E-state index in [0.717, 1.165) is 0 Å². The minimum atomic E-state index is -1.04. The molecule has 0 saturated carbocycles. The molecule has 0 bridgehead atoms. The van der Waals surface area contributed by atoms with Gasteiger partial charge < -0.3 is 19.3 Å². The molecule has 0 aromatic rings. The molecule has 0 aromatic heterocycles. The van der Waals surface area contributed by atoms with Crippen molar-refractivity contribution in [2.45, 2.75) is 20.3 Å². The van der Waals surface area contributed by atoms with Gasteiger partial charge in [-0.3, -0.25) is 0 Å². The number of rotatable bonds is 7. The number of carbonyl (C=O) groups is 1. The van der Waals surface area contributed by atoms with Crippen molar-refractivity contribution >= 4 is 5.97 Å². The fourth-order valence-corrected chi connectivity index (χ4v) is 0.556. The summed E-state index contributed by atoms with van der Waals surface area (Å²) in [7, 11) is 0. The Balaban J connectivity index is 3.54. The Morgan fingerprint density at radius 2 is 1.75 bits per heavy atom. The van der Waals surface area contributed by atoms with Gasteiger partial charge in [-0.15, -0.1) is 0 Å². The summed E-state index contributed by atoms with van der Waals surface area (Å²) in [6.45, 7) is 3.11. The molecule has 0 spiro atoms. The zero-order valence-electron chi connectivity index (χ0n) is 7.28. The van der Waals surface area contributed by atoms with Crippen LogP contribution in [0.25, 0.3) is 0 Å². The number of ether oxygens (including phenoxy) is 3. The van der Waals surface area contributed by atoms with Gasteiger partial charge in [-0.05, 0) is 13.8 Å². The molecule has 12 heavy (non-hydrogen) atoms. The van der Waals surface area contributed by atoms with Gasteiger partial charge in [0.05, 0.1) is 0 Å². The molecule has 0 fully saturated rings. The smallest absolute Gasteiger partial charge is 0.329 e. The van der Waals surface area contributed by atoms with Crippen molar-refractivity contribution in [2.24, 2.45) is 0 Å². The molecule has 0 aliphatic carbocycles. The highest BCUT2D eigenvalue weighted by Gasteiger charge is 2.09. The lowest BCUT2D eigenvalue weighted by atomic mass is 10.7. The molecule has 0 saturated heterocycles. The minimum absolute atomic E-state index is 0.412. The highest BCUT2D eigenvalue weighted by atomic mass is 16.8. The number of hydrogen-bond donors (Lipinski definition) is 1. The average Bonchev–Trinajstić information content (AvgIpc) is 2.01. The van der Waals surface area contributed by atoms with E-state index in [-0.39, 0.29) is 0 Å². The zero-order valence-corrected chi connectivity index (χ0v) is 7.28. The largest absolute Gasteiger partial charge is 0.480 e. The Hall–Kier alpha value is -0.650. The molecule has 0 aliphatic rings. The van der Waals surface area contributed by atoms with Gasteiger partial charge in [-0.2, -0.15) is 0 Å². The van der Waals surface area contributed by atoms with Crippen molar-refractivity contribution in [2.75, 3.05) is 19.8 Å². The normalized spacial score (nSPS) is 10.6. The van der Waals surface area contributed by atoms with Gasteiger partial charge in [0, 0.05) is 13.2 Å². The van der Waals surface area contributed by atoms with Crippen molar-refractivity contribution in [3.8, 4) is 0 Å². The van der Waals surface area contributed by atoms with E-state index in [2.05, 4.69) is 0 Å². The van der Waals surface area contributed by atoms with Gasteiger partial charge in [-0.25, -0.2) is 4.79 Å². The second-order valence-corrected chi connectivity index (χ2v) is 1.90. The quantitative estimate of drug-likeness (QED) is 0.573. The summed E-state index contributed by atoms with van der Waals surface area (Å²) in [4.78, 5) is 10.1. The van der Waals surface area contributed by atoms with Gasteiger partial charge in [-0.1, -0.05) is 0 Å². The molecule has 0 heterocycles. The van der Waals surface area contributed by atoms with Gasteiger partial charge in [0.25, 0.3) is 6.48 Å². The number of hydrogen-bond acceptors (Lipinski definition) is 4. The van der Waals surface area contributed by atoms with E-state index in [1.807, 2.05) is 0 Å². The second kappa shape index (κ2) is 7.02. The summed E-state index contributed by atoms with van der Waals surface area (Å²) in [5.74, 6) is -1.04. The fourth-order valence-electron chi connectivity index (χ4n) is 0.556. The van der Waals surface area contributed by atoms with Crippen LogP contribution in [0.5, 0.6) is 0 Å². The molecule has 0 radical (unpaired) electrons. The first-order chi connectivity index (χ1) is 5.70. The van der Waals surface area contributed by atoms with Crippen LogP contribution in [0.15, 0.2) is 0 Å². The van der Waals surface area contributed by atoms with Gasteiger partial charge in [0.2, 0.25) is 0 Å². The number of aliphatic carboxylic acids is 1. The van der Waals surface area contributed by atoms with Crippen molar-refractivity contribution in [1.82, 2.24) is 0 Å². The third-order valence-corrected chi connectivity index (χ3v) is 0.948. The molecule has 1 N–H and O–H groups in total. The van der Waals surface area contributed by atoms with Crippen molar-refractivity contribution < 1.29 is 24.1 Å². The lowest BCUT2D eigenvalue weighted by molar-refractivity contribution is -0.283. The molecule has 0 aliphatic heterocycles. The summed E-state index contributed by atoms with van der Waals surface area (Å²) < 4.78 is 14.6. The van der Waals surface area contributed by atoms with Crippen LogP contribution in [-0.4, -0.2) is 37.4 Å². The Kier molecular flexibility index (Phi) is 6.64. The second-order valence-electron chi connectivity index (χ2n) is 1.90. The fraction of sp³-hybridized carbons (Fsp3) is 0.857. The molecule has 0 unspecified atom stereocenters. The van der Waals surface area contributed by atoms with E-state index in [1.54, 1.807) is 13.8 Å². The summed E-state index contributed by atoms with van der Waals surface area (Å²) in [6, 6.07) is 0. The first-order valence-corrected chi connectivity index (χ1v) is 3.77. The Morgan fingerprint density at radius 3 is 2.08 bits per heavy atom. The third-order valence-electron chi connectivity index (χ3n) is 0.948. The Labute approximate surface area is 71.2 Å². The number of carboxylic acid groups (broad SMARTS) is 1. The number of carboxylic acids is 1. The van der Waals surface area contributed by atoms with Crippen LogP contribution in [0.2, 0.25) is 0 Å². The van der Waals surface area contributed by atoms with Crippen molar-refractivity contribution in [3.05, 3.63) is 0 Å². The van der Waals surface area contributed by atoms with Crippen LogP contribution in [0.4, 0.5) is 0 Å². The summed E-state index contributed by atoms with van der Waals surface area (Å²) in [6.07, 6.45) is 0. The van der Waals surface area contributed by atoms with Crippen LogP contribution in [-0.2, 0) is 19.0 Å². The standard InChI is InChI=1S/C7H14O5/c1-3-10-7(11-4-2)12-5-6(8)9/h7H,3-5H2,1-2H3,(H,8,9). The monoisotopic (exact) mass is 178 g/mol. The molecule has 5 nitrogen and oxygen atoms in total. The van der Waals surface area contributed by atoms with Crippen LogP contribution in [0.1, 0.15) is 13.8 Å². The Bertz CT molecular complexity index is 119. The summed E-state index contributed by atoms with van der Waals surface area (Å²) >= 11 is 0. The first-order valence-electron chi connectivity index (χ1n) is 3.77. The molecular weight excluding hydrogens is 164 g/mol. The molecule has 0 aromatic carbocycles. The molecular formula is C7H14O5. The molecule has 5 heteroatoms. The predicted molar refractivity (Wildman–Crippen MR) is 40.6 cm³/mol.